The zero-order valence-corrected chi connectivity index (χ0v) is 13.0. The summed E-state index contributed by atoms with van der Waals surface area (Å²) in [4.78, 5) is 27.8. The number of carbonyl (C=O) groups is 2. The zero-order chi connectivity index (χ0) is 15.8. The van der Waals surface area contributed by atoms with Gasteiger partial charge < -0.3 is 15.6 Å². The lowest BCUT2D eigenvalue weighted by atomic mass is 10.0. The van der Waals surface area contributed by atoms with Gasteiger partial charge in [-0.05, 0) is 37.3 Å². The van der Waals surface area contributed by atoms with Gasteiger partial charge in [0.2, 0.25) is 11.8 Å². The Morgan fingerprint density at radius 2 is 1.96 bits per heavy atom. The summed E-state index contributed by atoms with van der Waals surface area (Å²) in [6.07, 6.45) is 6.42. The monoisotopic (exact) mass is 311 g/mol. The predicted molar refractivity (Wildman–Crippen MR) is 87.8 cm³/mol. The van der Waals surface area contributed by atoms with Gasteiger partial charge in [-0.2, -0.15) is 0 Å². The number of fused-ring (bicyclic) bond motifs is 1. The van der Waals surface area contributed by atoms with Crippen LogP contribution in [0.15, 0.2) is 30.5 Å². The maximum absolute atomic E-state index is 12.5. The lowest BCUT2D eigenvalue weighted by Crippen LogP contribution is -2.49. The molecule has 1 heterocycles. The Labute approximate surface area is 134 Å². The fourth-order valence-corrected chi connectivity index (χ4v) is 2.89. The average Bonchev–Trinajstić information content (AvgIpc) is 3.46. The molecule has 2 aliphatic rings. The van der Waals surface area contributed by atoms with Crippen molar-refractivity contribution in [3.8, 4) is 0 Å². The lowest BCUT2D eigenvalue weighted by Gasteiger charge is -2.18. The highest BCUT2D eigenvalue weighted by atomic mass is 16.2. The highest BCUT2D eigenvalue weighted by molar-refractivity contribution is 5.91. The number of carbonyl (C=O) groups excluding carboxylic acids is 2. The van der Waals surface area contributed by atoms with Crippen LogP contribution in [0.4, 0.5) is 0 Å². The molecule has 5 heteroatoms. The second kappa shape index (κ2) is 5.72. The Morgan fingerprint density at radius 3 is 2.70 bits per heavy atom. The minimum Gasteiger partial charge on any atom is -0.361 e. The topological polar surface area (TPSA) is 74.0 Å². The van der Waals surface area contributed by atoms with Crippen molar-refractivity contribution in [1.82, 2.24) is 15.6 Å². The molecule has 2 saturated carbocycles. The molecule has 2 fully saturated rings. The molecule has 120 valence electrons. The number of amides is 2. The fourth-order valence-electron chi connectivity index (χ4n) is 2.89. The largest absolute Gasteiger partial charge is 0.361 e. The van der Waals surface area contributed by atoms with E-state index in [1.54, 1.807) is 0 Å². The summed E-state index contributed by atoms with van der Waals surface area (Å²) >= 11 is 0. The molecule has 1 aromatic carbocycles. The first-order chi connectivity index (χ1) is 11.2. The molecule has 3 N–H and O–H groups in total. The standard InChI is InChI=1S/C18H21N3O2/c22-17(11-5-6-11)21-16(18(23)20-13-7-8-13)9-12-10-19-15-4-2-1-3-14(12)15/h1-4,10-11,13,16,19H,5-9H2,(H,20,23)(H,21,22)/t16-/m0/s1. The normalized spacial score (nSPS) is 18.6. The van der Waals surface area contributed by atoms with Crippen LogP contribution in [0.25, 0.3) is 10.9 Å². The highest BCUT2D eigenvalue weighted by Gasteiger charge is 2.34. The number of H-pyrrole nitrogens is 1. The van der Waals surface area contributed by atoms with E-state index in [0.29, 0.717) is 12.5 Å². The van der Waals surface area contributed by atoms with Gasteiger partial charge in [0.1, 0.15) is 6.04 Å². The van der Waals surface area contributed by atoms with Crippen LogP contribution in [0.5, 0.6) is 0 Å². The van der Waals surface area contributed by atoms with Crippen molar-refractivity contribution in [1.29, 1.82) is 0 Å². The van der Waals surface area contributed by atoms with Crippen LogP contribution in [-0.2, 0) is 16.0 Å². The van der Waals surface area contributed by atoms with E-state index in [-0.39, 0.29) is 17.7 Å². The van der Waals surface area contributed by atoms with Gasteiger partial charge in [-0.15, -0.1) is 0 Å². The summed E-state index contributed by atoms with van der Waals surface area (Å²) in [6, 6.07) is 7.82. The third-order valence-corrected chi connectivity index (χ3v) is 4.60. The molecular weight excluding hydrogens is 290 g/mol. The van der Waals surface area contributed by atoms with E-state index in [1.165, 1.54) is 0 Å². The predicted octanol–water partition coefficient (Wildman–Crippen LogP) is 1.88. The van der Waals surface area contributed by atoms with Crippen LogP contribution in [0.2, 0.25) is 0 Å². The minimum atomic E-state index is -0.497. The van der Waals surface area contributed by atoms with Crippen molar-refractivity contribution in [2.24, 2.45) is 5.92 Å². The molecule has 1 atom stereocenters. The van der Waals surface area contributed by atoms with Gasteiger partial charge in [0.05, 0.1) is 0 Å². The van der Waals surface area contributed by atoms with Gasteiger partial charge in [0.15, 0.2) is 0 Å². The molecule has 1 aromatic heterocycles. The molecule has 0 bridgehead atoms. The summed E-state index contributed by atoms with van der Waals surface area (Å²) in [5.74, 6) is 0.0572. The summed E-state index contributed by atoms with van der Waals surface area (Å²) in [5.41, 5.74) is 2.12. The van der Waals surface area contributed by atoms with Crippen LogP contribution >= 0.6 is 0 Å². The van der Waals surface area contributed by atoms with E-state index in [0.717, 1.165) is 42.1 Å². The molecule has 23 heavy (non-hydrogen) atoms. The Kier molecular flexibility index (Phi) is 3.56. The molecule has 0 saturated heterocycles. The van der Waals surface area contributed by atoms with Crippen molar-refractivity contribution in [3.63, 3.8) is 0 Å². The number of nitrogens with one attached hydrogen (secondary N) is 3. The molecule has 2 aromatic rings. The molecular formula is C18H21N3O2. The van der Waals surface area contributed by atoms with Gasteiger partial charge in [-0.1, -0.05) is 18.2 Å². The maximum Gasteiger partial charge on any atom is 0.243 e. The molecule has 0 radical (unpaired) electrons. The Bertz CT molecular complexity index is 744. The Morgan fingerprint density at radius 1 is 1.17 bits per heavy atom. The van der Waals surface area contributed by atoms with Crippen molar-refractivity contribution >= 4 is 22.7 Å². The van der Waals surface area contributed by atoms with Crippen molar-refractivity contribution in [2.75, 3.05) is 0 Å². The minimum absolute atomic E-state index is 0.0146. The average molecular weight is 311 g/mol. The van der Waals surface area contributed by atoms with E-state index in [9.17, 15) is 9.59 Å². The molecule has 2 aliphatic carbocycles. The van der Waals surface area contributed by atoms with Crippen LogP contribution < -0.4 is 10.6 Å². The Hall–Kier alpha value is -2.30. The van der Waals surface area contributed by atoms with E-state index >= 15 is 0 Å². The number of rotatable bonds is 6. The summed E-state index contributed by atoms with van der Waals surface area (Å²) in [7, 11) is 0. The number of hydrogen-bond acceptors (Lipinski definition) is 2. The fraction of sp³-hybridized carbons (Fsp3) is 0.444. The number of benzene rings is 1. The lowest BCUT2D eigenvalue weighted by molar-refractivity contribution is -0.129. The van der Waals surface area contributed by atoms with Crippen LogP contribution in [0, 0.1) is 5.92 Å². The summed E-state index contributed by atoms with van der Waals surface area (Å²) in [6.45, 7) is 0. The molecule has 5 nitrogen and oxygen atoms in total. The number of aromatic nitrogens is 1. The zero-order valence-electron chi connectivity index (χ0n) is 13.0. The van der Waals surface area contributed by atoms with Crippen LogP contribution in [-0.4, -0.2) is 28.9 Å². The van der Waals surface area contributed by atoms with Crippen LogP contribution in [0.1, 0.15) is 31.2 Å². The third kappa shape index (κ3) is 3.23. The first-order valence-electron chi connectivity index (χ1n) is 8.36. The molecule has 0 unspecified atom stereocenters. The second-order valence-corrected chi connectivity index (χ2v) is 6.68. The first-order valence-corrected chi connectivity index (χ1v) is 8.36. The molecule has 0 spiro atoms. The van der Waals surface area contributed by atoms with E-state index in [4.69, 9.17) is 0 Å². The third-order valence-electron chi connectivity index (χ3n) is 4.60. The number of hydrogen-bond donors (Lipinski definition) is 3. The van der Waals surface area contributed by atoms with Crippen molar-refractivity contribution in [2.45, 2.75) is 44.2 Å². The van der Waals surface area contributed by atoms with E-state index in [2.05, 4.69) is 15.6 Å². The first kappa shape index (κ1) is 14.3. The van der Waals surface area contributed by atoms with Gasteiger partial charge in [-0.25, -0.2) is 0 Å². The highest BCUT2D eigenvalue weighted by Crippen LogP contribution is 2.29. The molecule has 4 rings (SSSR count). The van der Waals surface area contributed by atoms with Gasteiger partial charge in [0.25, 0.3) is 0 Å². The van der Waals surface area contributed by atoms with E-state index in [1.807, 2.05) is 30.5 Å². The van der Waals surface area contributed by atoms with Gasteiger partial charge in [-0.3, -0.25) is 9.59 Å². The maximum atomic E-state index is 12.5. The summed E-state index contributed by atoms with van der Waals surface area (Å²) < 4.78 is 0. The van der Waals surface area contributed by atoms with Gasteiger partial charge >= 0.3 is 0 Å². The smallest absolute Gasteiger partial charge is 0.243 e. The number of para-hydroxylation sites is 1. The summed E-state index contributed by atoms with van der Waals surface area (Å²) in [5, 5.41) is 7.07. The number of aromatic amines is 1. The van der Waals surface area contributed by atoms with Gasteiger partial charge in [0, 0.05) is 35.5 Å². The van der Waals surface area contributed by atoms with Crippen molar-refractivity contribution < 1.29 is 9.59 Å². The Balaban J connectivity index is 1.53. The van der Waals surface area contributed by atoms with E-state index < -0.39 is 6.04 Å². The van der Waals surface area contributed by atoms with Crippen molar-refractivity contribution in [3.05, 3.63) is 36.0 Å². The second-order valence-electron chi connectivity index (χ2n) is 6.68. The quantitative estimate of drug-likeness (QED) is 0.762. The SMILES string of the molecule is O=C(N[C@@H](Cc1c[nH]c2ccccc12)C(=O)NC1CC1)C1CC1. The van der Waals surface area contributed by atoms with Crippen LogP contribution in [0.3, 0.4) is 0 Å². The molecule has 0 aliphatic heterocycles. The molecule has 2 amide bonds.